The molecular formula is C90H78N24O5. The third-order valence-corrected chi connectivity index (χ3v) is 20.7. The predicted octanol–water partition coefficient (Wildman–Crippen LogP) is 10.6. The molecule has 29 heteroatoms. The maximum Gasteiger partial charge on any atom is 0.259 e. The summed E-state index contributed by atoms with van der Waals surface area (Å²) in [4.78, 5) is 79.8. The molecule has 0 aliphatic carbocycles. The number of ether oxygens (including phenoxy) is 4. The van der Waals surface area contributed by atoms with Crippen molar-refractivity contribution in [3.05, 3.63) is 269 Å². The van der Waals surface area contributed by atoms with Gasteiger partial charge in [0.25, 0.3) is 5.91 Å². The molecule has 15 aromatic rings. The second-order valence-corrected chi connectivity index (χ2v) is 29.2. The zero-order chi connectivity index (χ0) is 80.4. The minimum atomic E-state index is -0.0876. The Kier molecular flexibility index (Phi) is 21.9. The molecule has 0 radical (unpaired) electrons. The highest BCUT2D eigenvalue weighted by molar-refractivity contribution is 5.82. The Morgan fingerprint density at radius 1 is 0.437 bits per heavy atom. The number of hydrogen-bond donors (Lipinski definition) is 3. The van der Waals surface area contributed by atoms with E-state index in [2.05, 4.69) is 173 Å². The summed E-state index contributed by atoms with van der Waals surface area (Å²) in [5, 5.41) is 24.1. The molecule has 5 aliphatic rings. The van der Waals surface area contributed by atoms with Crippen LogP contribution in [0.2, 0.25) is 0 Å². The minimum Gasteiger partial charge on any atom is -0.492 e. The Bertz CT molecular complexity index is 6470. The van der Waals surface area contributed by atoms with Crippen LogP contribution in [0, 0.1) is 35.5 Å². The van der Waals surface area contributed by atoms with E-state index in [9.17, 15) is 4.79 Å². The zero-order valence-electron chi connectivity index (χ0n) is 65.4. The number of carbonyl (C=O) groups excluding carboxylic acids is 1. The first-order chi connectivity index (χ1) is 58.5. The molecule has 2 fully saturated rings. The number of aromatic amines is 3. The quantitative estimate of drug-likeness (QED) is 0.0852. The largest absolute Gasteiger partial charge is 0.492 e. The number of fused-ring (bicyclic) bond motifs is 6. The molecule has 119 heavy (non-hydrogen) atoms. The normalized spacial score (nSPS) is 14.6. The van der Waals surface area contributed by atoms with Crippen LogP contribution < -0.4 is 29.1 Å². The number of aromatic nitrogens is 18. The van der Waals surface area contributed by atoms with Crippen LogP contribution in [0.15, 0.2) is 201 Å². The van der Waals surface area contributed by atoms with Crippen molar-refractivity contribution in [2.75, 3.05) is 99.5 Å². The number of likely N-dealkylation sites (N-methyl/N-ethyl adjacent to an activating group) is 1. The lowest BCUT2D eigenvalue weighted by molar-refractivity contribution is -0.130. The van der Waals surface area contributed by atoms with E-state index in [4.69, 9.17) is 33.9 Å². The number of carbonyl (C=O) groups is 1. The SMILES string of the molecule is C(#Cc1ccnc(-c2ccnc(N3Cc4ccc(OCCN5CCOCC5)cc4C3)n2)n1)c1ccc2[nH]ncc2c1.CC1CN(c2ccc3c(c2)CN(c2nccc(-c4nccc(C#Cc5ccc6[nH]ncc6c5)n4)n2)C3)CCO1.CN(C)C(=O)COc1ccc2c(c1)CN(c1nccc(-c3nccc(C#Cc4ccc5[nH]ncc5c4)n3)n1)C2. The highest BCUT2D eigenvalue weighted by Gasteiger charge is 2.28. The van der Waals surface area contributed by atoms with Gasteiger partial charge in [-0.25, -0.2) is 59.8 Å². The Morgan fingerprint density at radius 3 is 1.30 bits per heavy atom. The number of amides is 1. The van der Waals surface area contributed by atoms with Crippen LogP contribution >= 0.6 is 0 Å². The van der Waals surface area contributed by atoms with Gasteiger partial charge in [-0.1, -0.05) is 36.0 Å². The molecule has 9 aromatic heterocycles. The van der Waals surface area contributed by atoms with Gasteiger partial charge in [0.2, 0.25) is 17.8 Å². The standard InChI is InChI=1S/C31H28N8O2.C30H26N8O.C29H24N8O2/c1(22-2-6-28-24(17-22)19-34-37-28)4-26-7-9-32-30(35-26)29-8-10-33-31(36-29)39-20-23-3-5-27(18-25(23)21-39)41-16-13-38-11-14-40-15-12-38;1-20-17-37(12-13-39-20)26-6-4-22-18-38(19-24(22)15-26)30-32-11-9-28(35-30)29-31-10-8-25(34-29)5-2-21-3-7-27-23(14-21)16-33-36-27;1-36(2)27(38)18-39-24-7-5-20-16-37(17-22(20)14-24)29-31-12-10-26(34-29)28-30-11-9-23(33-28)6-3-19-4-8-25-21(13-19)15-32-35-25/h2-3,5-10,17-19H,11-16,20-21H2,(H,34,37);3-4,6-11,14-16,20H,12-13,17-19H2,1H3,(H,33,36);4-5,7-15H,16-18H2,1-2H3,(H,32,35). The monoisotopic (exact) mass is 1570 g/mol. The van der Waals surface area contributed by atoms with Crippen molar-refractivity contribution in [1.29, 1.82) is 0 Å². The highest BCUT2D eigenvalue weighted by Crippen LogP contribution is 2.35. The summed E-state index contributed by atoms with van der Waals surface area (Å²) in [6.45, 7) is 14.1. The molecule has 6 aromatic carbocycles. The van der Waals surface area contributed by atoms with Gasteiger partial charge in [-0.3, -0.25) is 25.0 Å². The van der Waals surface area contributed by atoms with E-state index in [-0.39, 0.29) is 18.6 Å². The van der Waals surface area contributed by atoms with Crippen LogP contribution in [0.4, 0.5) is 23.5 Å². The molecule has 0 bridgehead atoms. The van der Waals surface area contributed by atoms with E-state index in [1.54, 1.807) is 94.1 Å². The summed E-state index contributed by atoms with van der Waals surface area (Å²) in [7, 11) is 3.41. The van der Waals surface area contributed by atoms with Crippen molar-refractivity contribution >= 4 is 62.1 Å². The number of nitrogens with one attached hydrogen (secondary N) is 3. The Balaban J connectivity index is 0.000000123. The maximum atomic E-state index is 11.8. The van der Waals surface area contributed by atoms with Crippen molar-refractivity contribution in [3.8, 4) is 81.6 Å². The molecule has 1 unspecified atom stereocenters. The summed E-state index contributed by atoms with van der Waals surface area (Å²) in [5.74, 6) is 23.8. The van der Waals surface area contributed by atoms with E-state index < -0.39 is 0 Å². The predicted molar refractivity (Wildman–Crippen MR) is 449 cm³/mol. The van der Waals surface area contributed by atoms with Crippen molar-refractivity contribution in [2.24, 2.45) is 0 Å². The fourth-order valence-corrected chi connectivity index (χ4v) is 14.4. The topological polar surface area (TPSA) is 314 Å². The maximum absolute atomic E-state index is 11.8. The number of nitrogens with zero attached hydrogens (tertiary/aromatic N) is 21. The first-order valence-electron chi connectivity index (χ1n) is 39.0. The number of morpholine rings is 2. The smallest absolute Gasteiger partial charge is 0.259 e. The molecule has 1 amide bonds. The molecule has 0 spiro atoms. The summed E-state index contributed by atoms with van der Waals surface area (Å²) < 4.78 is 22.9. The lowest BCUT2D eigenvalue weighted by atomic mass is 10.1. The fourth-order valence-electron chi connectivity index (χ4n) is 14.4. The average molecular weight is 1580 g/mol. The molecule has 14 heterocycles. The minimum absolute atomic E-state index is 0.00369. The van der Waals surface area contributed by atoms with Gasteiger partial charge in [-0.05, 0) is 185 Å². The summed E-state index contributed by atoms with van der Waals surface area (Å²) in [6, 6.07) is 47.5. The van der Waals surface area contributed by atoms with Crippen LogP contribution in [0.3, 0.4) is 0 Å². The summed E-state index contributed by atoms with van der Waals surface area (Å²) in [6.07, 6.45) is 15.9. The van der Waals surface area contributed by atoms with Crippen LogP contribution in [0.1, 0.15) is 74.1 Å². The van der Waals surface area contributed by atoms with E-state index in [1.807, 2.05) is 91.0 Å². The van der Waals surface area contributed by atoms with Crippen molar-refractivity contribution in [1.82, 2.24) is 100 Å². The second kappa shape index (κ2) is 34.6. The average Bonchev–Trinajstić information content (AvgIpc) is 1.68. The van der Waals surface area contributed by atoms with Gasteiger partial charge in [-0.15, -0.1) is 0 Å². The molecular weight excluding hydrogens is 1500 g/mol. The number of anilines is 4. The van der Waals surface area contributed by atoms with E-state index >= 15 is 0 Å². The molecule has 3 N–H and O–H groups in total. The van der Waals surface area contributed by atoms with Crippen LogP contribution in [-0.4, -0.2) is 192 Å². The summed E-state index contributed by atoms with van der Waals surface area (Å²) in [5.41, 5.74) is 18.0. The van der Waals surface area contributed by atoms with Crippen molar-refractivity contribution in [2.45, 2.75) is 52.3 Å². The molecule has 1 atom stereocenters. The number of hydrogen-bond acceptors (Lipinski definition) is 25. The molecule has 29 nitrogen and oxygen atoms in total. The van der Waals surface area contributed by atoms with Gasteiger partial charge in [-0.2, -0.15) is 15.3 Å². The van der Waals surface area contributed by atoms with E-state index in [1.165, 1.54) is 32.8 Å². The van der Waals surface area contributed by atoms with Crippen molar-refractivity contribution < 1.29 is 23.7 Å². The van der Waals surface area contributed by atoms with Gasteiger partial charge in [0.05, 0.1) is 61.1 Å². The lowest BCUT2D eigenvalue weighted by Gasteiger charge is -2.33. The van der Waals surface area contributed by atoms with E-state index in [0.29, 0.717) is 101 Å². The third-order valence-electron chi connectivity index (χ3n) is 20.7. The fraction of sp³-hybridized carbons (Fsp3) is 0.222. The molecule has 588 valence electrons. The van der Waals surface area contributed by atoms with E-state index in [0.717, 1.165) is 138 Å². The number of H-pyrrole nitrogens is 3. The highest BCUT2D eigenvalue weighted by atomic mass is 16.5. The second-order valence-electron chi connectivity index (χ2n) is 29.2. The number of benzene rings is 6. The third kappa shape index (κ3) is 18.1. The molecule has 0 saturated carbocycles. The lowest BCUT2D eigenvalue weighted by Crippen LogP contribution is -2.41. The Morgan fingerprint density at radius 2 is 0.857 bits per heavy atom. The molecule has 2 saturated heterocycles. The van der Waals surface area contributed by atoms with Gasteiger partial charge in [0.15, 0.2) is 24.1 Å². The Labute approximate surface area is 684 Å². The van der Waals surface area contributed by atoms with Gasteiger partial charge in [0, 0.05) is 162 Å². The van der Waals surface area contributed by atoms with Gasteiger partial charge >= 0.3 is 0 Å². The zero-order valence-corrected chi connectivity index (χ0v) is 65.4. The molecule has 5 aliphatic heterocycles. The van der Waals surface area contributed by atoms with Crippen LogP contribution in [-0.2, 0) is 53.5 Å². The Hall–Kier alpha value is -15.0. The molecule has 20 rings (SSSR count). The van der Waals surface area contributed by atoms with Gasteiger partial charge in [0.1, 0.15) is 52.3 Å². The van der Waals surface area contributed by atoms with Crippen LogP contribution in [0.5, 0.6) is 11.5 Å². The number of rotatable bonds is 14. The first kappa shape index (κ1) is 75.4. The first-order valence-corrected chi connectivity index (χ1v) is 39.0. The van der Waals surface area contributed by atoms with Gasteiger partial charge < -0.3 is 43.4 Å². The summed E-state index contributed by atoms with van der Waals surface area (Å²) >= 11 is 0. The van der Waals surface area contributed by atoms with Crippen molar-refractivity contribution in [3.63, 3.8) is 0 Å². The van der Waals surface area contributed by atoms with Crippen LogP contribution in [0.25, 0.3) is 67.3 Å².